The molecule has 0 unspecified atom stereocenters. The Hall–Kier alpha value is -0.830. The highest BCUT2D eigenvalue weighted by atomic mass is 32.1. The molecule has 3 heteroatoms. The van der Waals surface area contributed by atoms with E-state index in [4.69, 9.17) is 6.92 Å². The molecule has 2 radical (unpaired) electrons. The van der Waals surface area contributed by atoms with Gasteiger partial charge in [-0.2, -0.15) is 0 Å². The van der Waals surface area contributed by atoms with Gasteiger partial charge >= 0.3 is 0 Å². The van der Waals surface area contributed by atoms with Crippen LogP contribution in [0.25, 0.3) is 0 Å². The third-order valence-corrected chi connectivity index (χ3v) is 2.59. The first-order valence-corrected chi connectivity index (χ1v) is 4.62. The molecule has 12 heavy (non-hydrogen) atoms. The highest BCUT2D eigenvalue weighted by Crippen LogP contribution is 2.15. The van der Waals surface area contributed by atoms with E-state index in [1.54, 1.807) is 23.4 Å². The van der Waals surface area contributed by atoms with Crippen molar-refractivity contribution in [1.29, 1.82) is 0 Å². The molecule has 0 saturated heterocycles. The van der Waals surface area contributed by atoms with Gasteiger partial charge in [0.05, 0.1) is 4.88 Å². The molecule has 1 heterocycles. The molecule has 1 aromatic heterocycles. The Morgan fingerprint density at radius 2 is 2.42 bits per heavy atom. The molecule has 0 atom stereocenters. The Morgan fingerprint density at radius 1 is 1.75 bits per heavy atom. The van der Waals surface area contributed by atoms with Gasteiger partial charge in [-0.15, -0.1) is 11.3 Å². The van der Waals surface area contributed by atoms with Gasteiger partial charge in [-0.3, -0.25) is 4.79 Å². The summed E-state index contributed by atoms with van der Waals surface area (Å²) in [7, 11) is 1.78. The van der Waals surface area contributed by atoms with Crippen LogP contribution in [0.15, 0.2) is 11.4 Å². The molecule has 0 aliphatic heterocycles. The second kappa shape index (κ2) is 3.72. The van der Waals surface area contributed by atoms with E-state index >= 15 is 0 Å². The average molecular weight is 181 g/mol. The van der Waals surface area contributed by atoms with Crippen molar-refractivity contribution in [2.45, 2.75) is 6.92 Å². The smallest absolute Gasteiger partial charge is 0.263 e. The lowest BCUT2D eigenvalue weighted by Crippen LogP contribution is -2.25. The highest BCUT2D eigenvalue weighted by Gasteiger charge is 2.10. The molecule has 0 spiro atoms. The molecule has 1 rings (SSSR count). The van der Waals surface area contributed by atoms with Crippen molar-refractivity contribution < 1.29 is 4.79 Å². The largest absolute Gasteiger partial charge is 0.341 e. The monoisotopic (exact) mass is 181 g/mol. The van der Waals surface area contributed by atoms with Crippen LogP contribution >= 0.6 is 11.3 Å². The van der Waals surface area contributed by atoms with Crippen LogP contribution in [0.4, 0.5) is 0 Å². The third-order valence-electron chi connectivity index (χ3n) is 1.65. The summed E-state index contributed by atoms with van der Waals surface area (Å²) in [6, 6.07) is 1.71. The maximum atomic E-state index is 11.5. The topological polar surface area (TPSA) is 20.3 Å². The maximum absolute atomic E-state index is 11.5. The molecule has 1 aromatic rings. The average Bonchev–Trinajstić information content (AvgIpc) is 2.49. The zero-order valence-electron chi connectivity index (χ0n) is 7.20. The van der Waals surface area contributed by atoms with E-state index in [0.717, 1.165) is 6.54 Å². The lowest BCUT2D eigenvalue weighted by atomic mass is 10.3. The van der Waals surface area contributed by atoms with Gasteiger partial charge < -0.3 is 4.90 Å². The Balaban J connectivity index is 2.78. The fourth-order valence-electron chi connectivity index (χ4n) is 0.795. The third kappa shape index (κ3) is 1.85. The standard InChI is InChI=1S/C9H11NOS/c1-4-10(3)9(11)8-5-7(2)6-12-8/h2,5-6H,4H2,1,3H3. The van der Waals surface area contributed by atoms with Crippen LogP contribution in [0.1, 0.15) is 22.2 Å². The van der Waals surface area contributed by atoms with Gasteiger partial charge in [0.15, 0.2) is 0 Å². The zero-order valence-corrected chi connectivity index (χ0v) is 8.02. The van der Waals surface area contributed by atoms with Crippen LogP contribution in [-0.4, -0.2) is 24.4 Å². The summed E-state index contributed by atoms with van der Waals surface area (Å²) in [5.41, 5.74) is 0.660. The maximum Gasteiger partial charge on any atom is 0.263 e. The molecular formula is C9H11NOS. The number of rotatable bonds is 2. The summed E-state index contributed by atoms with van der Waals surface area (Å²) in [6.07, 6.45) is 0. The quantitative estimate of drug-likeness (QED) is 0.682. The van der Waals surface area contributed by atoms with Crippen molar-refractivity contribution in [1.82, 2.24) is 4.90 Å². The Labute approximate surface area is 76.8 Å². The fourth-order valence-corrected chi connectivity index (χ4v) is 1.59. The van der Waals surface area contributed by atoms with Crippen LogP contribution in [0, 0.1) is 6.92 Å². The minimum absolute atomic E-state index is 0.0409. The lowest BCUT2D eigenvalue weighted by molar-refractivity contribution is 0.0807. The van der Waals surface area contributed by atoms with E-state index in [-0.39, 0.29) is 5.91 Å². The number of nitrogens with zero attached hydrogens (tertiary/aromatic N) is 1. The summed E-state index contributed by atoms with van der Waals surface area (Å²) < 4.78 is 0. The van der Waals surface area contributed by atoms with Crippen LogP contribution in [0.2, 0.25) is 0 Å². The number of hydrogen-bond acceptors (Lipinski definition) is 2. The van der Waals surface area contributed by atoms with Crippen molar-refractivity contribution in [3.05, 3.63) is 28.8 Å². The van der Waals surface area contributed by atoms with Crippen molar-refractivity contribution >= 4 is 17.2 Å². The van der Waals surface area contributed by atoms with Gasteiger partial charge in [0.1, 0.15) is 0 Å². The summed E-state index contributed by atoms with van der Waals surface area (Å²) in [5.74, 6) is 0.0409. The normalized spacial score (nSPS) is 9.92. The van der Waals surface area contributed by atoms with Gasteiger partial charge in [-0.05, 0) is 30.9 Å². The SMILES string of the molecule is [CH]c1csc(C(=O)N(C)CC)c1. The number of carbonyl (C=O) groups is 1. The minimum Gasteiger partial charge on any atom is -0.341 e. The number of hydrogen-bond donors (Lipinski definition) is 0. The Morgan fingerprint density at radius 3 is 2.83 bits per heavy atom. The molecule has 2 nitrogen and oxygen atoms in total. The van der Waals surface area contributed by atoms with Crippen molar-refractivity contribution in [3.8, 4) is 0 Å². The van der Waals surface area contributed by atoms with Crippen molar-refractivity contribution in [3.63, 3.8) is 0 Å². The first-order chi connectivity index (χ1) is 5.65. The molecule has 0 aliphatic rings. The highest BCUT2D eigenvalue weighted by molar-refractivity contribution is 7.12. The molecular weight excluding hydrogens is 170 g/mol. The van der Waals surface area contributed by atoms with Gasteiger partial charge in [0.25, 0.3) is 5.91 Å². The molecule has 0 aromatic carbocycles. The van der Waals surface area contributed by atoms with Crippen LogP contribution in [-0.2, 0) is 0 Å². The van der Waals surface area contributed by atoms with Gasteiger partial charge in [-0.25, -0.2) is 0 Å². The predicted octanol–water partition coefficient (Wildman–Crippen LogP) is 1.90. The van der Waals surface area contributed by atoms with E-state index < -0.39 is 0 Å². The van der Waals surface area contributed by atoms with E-state index in [1.165, 1.54) is 11.3 Å². The van der Waals surface area contributed by atoms with Crippen LogP contribution in [0.3, 0.4) is 0 Å². The molecule has 0 N–H and O–H groups in total. The predicted molar refractivity (Wildman–Crippen MR) is 50.4 cm³/mol. The summed E-state index contributed by atoms with van der Waals surface area (Å²) in [4.78, 5) is 13.8. The first-order valence-electron chi connectivity index (χ1n) is 3.74. The molecule has 1 amide bonds. The summed E-state index contributed by atoms with van der Waals surface area (Å²) in [5, 5.41) is 1.77. The van der Waals surface area contributed by atoms with Crippen molar-refractivity contribution in [2.24, 2.45) is 0 Å². The van der Waals surface area contributed by atoms with Crippen molar-refractivity contribution in [2.75, 3.05) is 13.6 Å². The fraction of sp³-hybridized carbons (Fsp3) is 0.333. The van der Waals surface area contributed by atoms with Crippen LogP contribution < -0.4 is 0 Å². The lowest BCUT2D eigenvalue weighted by Gasteiger charge is -2.12. The Bertz CT molecular complexity index is 280. The number of amides is 1. The Kier molecular flexibility index (Phi) is 2.87. The van der Waals surface area contributed by atoms with E-state index in [1.807, 2.05) is 6.92 Å². The molecule has 0 bridgehead atoms. The molecule has 0 aliphatic carbocycles. The summed E-state index contributed by atoms with van der Waals surface area (Å²) >= 11 is 1.39. The van der Waals surface area contributed by atoms with Gasteiger partial charge in [-0.1, -0.05) is 0 Å². The van der Waals surface area contributed by atoms with Crippen LogP contribution in [0.5, 0.6) is 0 Å². The number of thiophene rings is 1. The molecule has 0 fully saturated rings. The van der Waals surface area contributed by atoms with E-state index in [2.05, 4.69) is 0 Å². The first kappa shape index (κ1) is 9.26. The minimum atomic E-state index is 0.0409. The van der Waals surface area contributed by atoms with Gasteiger partial charge in [0, 0.05) is 13.6 Å². The molecule has 64 valence electrons. The second-order valence-electron chi connectivity index (χ2n) is 2.56. The molecule has 0 saturated carbocycles. The zero-order chi connectivity index (χ0) is 9.14. The van der Waals surface area contributed by atoms with E-state index in [0.29, 0.717) is 10.4 Å². The van der Waals surface area contributed by atoms with Gasteiger partial charge in [0.2, 0.25) is 0 Å². The second-order valence-corrected chi connectivity index (χ2v) is 3.47. The summed E-state index contributed by atoms with van der Waals surface area (Å²) in [6.45, 7) is 8.16. The van der Waals surface area contributed by atoms with E-state index in [9.17, 15) is 4.79 Å². The number of carbonyl (C=O) groups excluding carboxylic acids is 1.